The molecule has 102 valence electrons. The first-order valence-corrected chi connectivity index (χ1v) is 7.98. The highest BCUT2D eigenvalue weighted by Gasteiger charge is 2.30. The van der Waals surface area contributed by atoms with Crippen molar-refractivity contribution >= 4 is 27.3 Å². The Kier molecular flexibility index (Phi) is 4.83. The van der Waals surface area contributed by atoms with Crippen LogP contribution in [0.3, 0.4) is 0 Å². The first kappa shape index (κ1) is 14.5. The van der Waals surface area contributed by atoms with E-state index in [2.05, 4.69) is 41.2 Å². The lowest BCUT2D eigenvalue weighted by atomic mass is 10.0. The van der Waals surface area contributed by atoms with Crippen LogP contribution in [0.2, 0.25) is 0 Å². The average molecular weight is 333 g/mol. The lowest BCUT2D eigenvalue weighted by Crippen LogP contribution is -2.40. The summed E-state index contributed by atoms with van der Waals surface area (Å²) in [7, 11) is 0. The molecule has 1 fully saturated rings. The molecule has 1 aromatic rings. The number of thiophene rings is 1. The minimum Gasteiger partial charge on any atom is -0.374 e. The molecule has 0 bridgehead atoms. The van der Waals surface area contributed by atoms with Crippen LogP contribution in [0, 0.1) is 6.92 Å². The van der Waals surface area contributed by atoms with Gasteiger partial charge >= 0.3 is 0 Å². The van der Waals surface area contributed by atoms with Crippen molar-refractivity contribution in [1.82, 2.24) is 5.32 Å². The second kappa shape index (κ2) is 6.01. The van der Waals surface area contributed by atoms with Crippen LogP contribution in [0.15, 0.2) is 10.5 Å². The van der Waals surface area contributed by atoms with Gasteiger partial charge in [-0.15, -0.1) is 11.3 Å². The molecule has 1 aliphatic rings. The zero-order chi connectivity index (χ0) is 13.2. The van der Waals surface area contributed by atoms with E-state index in [9.17, 15) is 0 Å². The van der Waals surface area contributed by atoms with Crippen molar-refractivity contribution < 1.29 is 4.74 Å². The Hall–Kier alpha value is 0.0600. The van der Waals surface area contributed by atoms with Gasteiger partial charge in [-0.25, -0.2) is 0 Å². The lowest BCUT2D eigenvalue weighted by molar-refractivity contribution is 0.0190. The van der Waals surface area contributed by atoms with Crippen molar-refractivity contribution in [2.24, 2.45) is 5.73 Å². The van der Waals surface area contributed by atoms with Gasteiger partial charge in [0.1, 0.15) is 0 Å². The van der Waals surface area contributed by atoms with E-state index in [-0.39, 0.29) is 11.6 Å². The van der Waals surface area contributed by atoms with Crippen LogP contribution >= 0.6 is 27.3 Å². The highest BCUT2D eigenvalue weighted by atomic mass is 79.9. The monoisotopic (exact) mass is 332 g/mol. The van der Waals surface area contributed by atoms with Gasteiger partial charge in [0.15, 0.2) is 0 Å². The van der Waals surface area contributed by atoms with E-state index in [1.807, 2.05) is 0 Å². The van der Waals surface area contributed by atoms with Crippen molar-refractivity contribution in [3.05, 3.63) is 20.3 Å². The zero-order valence-electron chi connectivity index (χ0n) is 11.0. The number of rotatable bonds is 5. The highest BCUT2D eigenvalue weighted by molar-refractivity contribution is 9.10. The third-order valence-electron chi connectivity index (χ3n) is 3.48. The maximum atomic E-state index is 5.88. The van der Waals surface area contributed by atoms with Crippen molar-refractivity contribution in [3.8, 4) is 0 Å². The summed E-state index contributed by atoms with van der Waals surface area (Å²) in [5.74, 6) is 0. The summed E-state index contributed by atoms with van der Waals surface area (Å²) in [6.07, 6.45) is 2.29. The van der Waals surface area contributed by atoms with Crippen LogP contribution in [0.25, 0.3) is 0 Å². The number of aryl methyl sites for hydroxylation is 1. The summed E-state index contributed by atoms with van der Waals surface area (Å²) < 4.78 is 6.96. The molecule has 0 aromatic carbocycles. The summed E-state index contributed by atoms with van der Waals surface area (Å²) in [6, 6.07) is 2.39. The van der Waals surface area contributed by atoms with Gasteiger partial charge in [-0.05, 0) is 48.7 Å². The molecular weight excluding hydrogens is 312 g/mol. The smallest absolute Gasteiger partial charge is 0.0779 e. The molecule has 1 saturated heterocycles. The molecule has 0 spiro atoms. The molecule has 2 atom stereocenters. The largest absolute Gasteiger partial charge is 0.374 e. The third kappa shape index (κ3) is 3.33. The van der Waals surface area contributed by atoms with Gasteiger partial charge in [-0.2, -0.15) is 0 Å². The lowest BCUT2D eigenvalue weighted by Gasteiger charge is -2.26. The van der Waals surface area contributed by atoms with E-state index >= 15 is 0 Å². The molecule has 1 aliphatic heterocycles. The Labute approximate surface area is 121 Å². The second-order valence-corrected chi connectivity index (χ2v) is 7.27. The summed E-state index contributed by atoms with van der Waals surface area (Å²) in [5.41, 5.74) is 5.86. The van der Waals surface area contributed by atoms with E-state index in [1.54, 1.807) is 11.3 Å². The molecule has 0 saturated carbocycles. The van der Waals surface area contributed by atoms with E-state index in [0.717, 1.165) is 26.0 Å². The quantitative estimate of drug-likeness (QED) is 0.871. The molecule has 3 N–H and O–H groups in total. The molecule has 0 aliphatic carbocycles. The van der Waals surface area contributed by atoms with Crippen molar-refractivity contribution in [2.75, 3.05) is 19.7 Å². The fourth-order valence-corrected chi connectivity index (χ4v) is 3.92. The van der Waals surface area contributed by atoms with Gasteiger partial charge in [0.05, 0.1) is 11.6 Å². The predicted octanol–water partition coefficient (Wildman–Crippen LogP) is 2.98. The number of hydrogen-bond acceptors (Lipinski definition) is 4. The highest BCUT2D eigenvalue weighted by Crippen LogP contribution is 2.31. The minimum absolute atomic E-state index is 0.0169. The Balaban J connectivity index is 1.97. The number of nitrogens with two attached hydrogens (primary N) is 1. The van der Waals surface area contributed by atoms with Crippen molar-refractivity contribution in [2.45, 2.75) is 38.3 Å². The Bertz CT molecular complexity index is 382. The Morgan fingerprint density at radius 3 is 2.94 bits per heavy atom. The van der Waals surface area contributed by atoms with Gasteiger partial charge in [0, 0.05) is 33.9 Å². The topological polar surface area (TPSA) is 47.3 Å². The molecule has 0 amide bonds. The molecule has 18 heavy (non-hydrogen) atoms. The summed E-state index contributed by atoms with van der Waals surface area (Å²) >= 11 is 5.36. The molecule has 2 heterocycles. The first-order valence-electron chi connectivity index (χ1n) is 6.37. The van der Waals surface area contributed by atoms with Gasteiger partial charge in [-0.3, -0.25) is 0 Å². The van der Waals surface area contributed by atoms with E-state index in [4.69, 9.17) is 10.5 Å². The van der Waals surface area contributed by atoms with Crippen molar-refractivity contribution in [1.29, 1.82) is 0 Å². The van der Waals surface area contributed by atoms with Crippen LogP contribution in [-0.4, -0.2) is 25.3 Å². The van der Waals surface area contributed by atoms with Crippen molar-refractivity contribution in [3.63, 3.8) is 0 Å². The molecule has 5 heteroatoms. The number of halogens is 1. The minimum atomic E-state index is -0.0169. The number of hydrogen-bond donors (Lipinski definition) is 2. The average Bonchev–Trinajstić information content (AvgIpc) is 2.89. The van der Waals surface area contributed by atoms with E-state index in [1.165, 1.54) is 14.2 Å². The predicted molar refractivity (Wildman–Crippen MR) is 80.1 cm³/mol. The van der Waals surface area contributed by atoms with Crippen LogP contribution in [-0.2, 0) is 4.74 Å². The summed E-state index contributed by atoms with van der Waals surface area (Å²) in [4.78, 5) is 2.59. The van der Waals surface area contributed by atoms with Gasteiger partial charge in [-0.1, -0.05) is 0 Å². The SMILES string of the molecule is Cc1sc(C(CN)NCC2(C)CCCO2)cc1Br. The Morgan fingerprint density at radius 2 is 2.44 bits per heavy atom. The molecule has 1 aromatic heterocycles. The molecule has 0 radical (unpaired) electrons. The van der Waals surface area contributed by atoms with Crippen LogP contribution in [0.5, 0.6) is 0 Å². The van der Waals surface area contributed by atoms with Gasteiger partial charge < -0.3 is 15.8 Å². The first-order chi connectivity index (χ1) is 8.54. The van der Waals surface area contributed by atoms with E-state index < -0.39 is 0 Å². The summed E-state index contributed by atoms with van der Waals surface area (Å²) in [6.45, 7) is 6.66. The zero-order valence-corrected chi connectivity index (χ0v) is 13.4. The molecular formula is C13H21BrN2OS. The number of ether oxygens (including phenoxy) is 1. The van der Waals surface area contributed by atoms with Gasteiger partial charge in [0.25, 0.3) is 0 Å². The van der Waals surface area contributed by atoms with Crippen LogP contribution in [0.4, 0.5) is 0 Å². The third-order valence-corrected chi connectivity index (χ3v) is 5.73. The normalized spacial score (nSPS) is 25.6. The fraction of sp³-hybridized carbons (Fsp3) is 0.692. The fourth-order valence-electron chi connectivity index (χ4n) is 2.27. The number of nitrogens with one attached hydrogen (secondary N) is 1. The van der Waals surface area contributed by atoms with Crippen LogP contribution in [0.1, 0.15) is 35.6 Å². The molecule has 2 rings (SSSR count). The maximum absolute atomic E-state index is 5.88. The van der Waals surface area contributed by atoms with Gasteiger partial charge in [0.2, 0.25) is 0 Å². The second-order valence-electron chi connectivity index (χ2n) is 5.12. The molecule has 3 nitrogen and oxygen atoms in total. The summed E-state index contributed by atoms with van der Waals surface area (Å²) in [5, 5.41) is 3.55. The van der Waals surface area contributed by atoms with E-state index in [0.29, 0.717) is 6.54 Å². The Morgan fingerprint density at radius 1 is 1.67 bits per heavy atom. The standard InChI is InChI=1S/C13H21BrN2OS/c1-9-10(14)6-12(18-9)11(7-15)16-8-13(2)4-3-5-17-13/h6,11,16H,3-5,7-8,15H2,1-2H3. The molecule has 2 unspecified atom stereocenters. The maximum Gasteiger partial charge on any atom is 0.0779 e. The van der Waals surface area contributed by atoms with Crippen LogP contribution < -0.4 is 11.1 Å².